The zero-order valence-corrected chi connectivity index (χ0v) is 18.0. The lowest BCUT2D eigenvalue weighted by atomic mass is 10.1. The number of fused-ring (bicyclic) bond motifs is 2. The number of rotatable bonds is 6. The van der Waals surface area contributed by atoms with Crippen LogP contribution < -0.4 is 9.47 Å². The molecule has 0 saturated heterocycles. The van der Waals surface area contributed by atoms with Gasteiger partial charge in [0.2, 0.25) is 0 Å². The molecule has 0 atom stereocenters. The molecule has 0 unspecified atom stereocenters. The average molecular weight is 444 g/mol. The molecule has 8 heteroatoms. The van der Waals surface area contributed by atoms with Gasteiger partial charge >= 0.3 is 5.97 Å². The third-order valence-electron chi connectivity index (χ3n) is 5.16. The molecule has 2 aromatic rings. The van der Waals surface area contributed by atoms with Gasteiger partial charge in [-0.05, 0) is 48.2 Å². The van der Waals surface area contributed by atoms with Crippen molar-refractivity contribution in [2.75, 3.05) is 19.8 Å². The first-order valence-corrected chi connectivity index (χ1v) is 10.5. The van der Waals surface area contributed by atoms with E-state index >= 15 is 0 Å². The fourth-order valence-electron chi connectivity index (χ4n) is 3.49. The van der Waals surface area contributed by atoms with Gasteiger partial charge in [-0.3, -0.25) is 14.5 Å². The smallest absolute Gasteiger partial charge is 0.338 e. The van der Waals surface area contributed by atoms with Crippen LogP contribution in [-0.4, -0.2) is 42.4 Å². The van der Waals surface area contributed by atoms with E-state index in [1.54, 1.807) is 12.1 Å². The Morgan fingerprint density at radius 1 is 1.10 bits per heavy atom. The Morgan fingerprint density at radius 3 is 2.61 bits per heavy atom. The molecule has 162 valence electrons. The summed E-state index contributed by atoms with van der Waals surface area (Å²) in [5, 5.41) is 0.381. The number of nitrogens with zero attached hydrogens (tertiary/aromatic N) is 1. The summed E-state index contributed by atoms with van der Waals surface area (Å²) < 4.78 is 16.4. The van der Waals surface area contributed by atoms with Gasteiger partial charge in [0.1, 0.15) is 19.8 Å². The van der Waals surface area contributed by atoms with Gasteiger partial charge in [0.15, 0.2) is 11.5 Å². The van der Waals surface area contributed by atoms with Gasteiger partial charge in [-0.2, -0.15) is 0 Å². The van der Waals surface area contributed by atoms with E-state index in [2.05, 4.69) is 0 Å². The average Bonchev–Trinajstić information content (AvgIpc) is 3.00. The Bertz CT molecular complexity index is 1060. The topological polar surface area (TPSA) is 82.1 Å². The fraction of sp³-hybridized carbons (Fsp3) is 0.348. The normalized spacial score (nSPS) is 14.8. The summed E-state index contributed by atoms with van der Waals surface area (Å²) in [6.45, 7) is 5.23. The predicted molar refractivity (Wildman–Crippen MR) is 113 cm³/mol. The number of amides is 2. The predicted octanol–water partition coefficient (Wildman–Crippen LogP) is 4.11. The summed E-state index contributed by atoms with van der Waals surface area (Å²) in [5.41, 5.74) is 1.39. The highest BCUT2D eigenvalue weighted by Crippen LogP contribution is 2.38. The molecule has 2 aromatic carbocycles. The molecular formula is C23H22ClNO6. The van der Waals surface area contributed by atoms with Crippen molar-refractivity contribution < 1.29 is 28.6 Å². The summed E-state index contributed by atoms with van der Waals surface area (Å²) in [7, 11) is 0. The van der Waals surface area contributed by atoms with Gasteiger partial charge in [-0.1, -0.05) is 25.4 Å². The van der Waals surface area contributed by atoms with Crippen LogP contribution in [0.2, 0.25) is 5.02 Å². The van der Waals surface area contributed by atoms with Crippen molar-refractivity contribution in [3.63, 3.8) is 0 Å². The summed E-state index contributed by atoms with van der Waals surface area (Å²) in [6, 6.07) is 7.78. The minimum atomic E-state index is -0.602. The molecule has 7 nitrogen and oxygen atoms in total. The van der Waals surface area contributed by atoms with Crippen LogP contribution >= 0.6 is 11.6 Å². The Labute approximate surface area is 184 Å². The van der Waals surface area contributed by atoms with E-state index in [0.717, 1.165) is 6.42 Å². The number of esters is 1. The molecule has 2 aliphatic rings. The largest absolute Gasteiger partial charge is 0.486 e. The van der Waals surface area contributed by atoms with Gasteiger partial charge in [-0.25, -0.2) is 4.79 Å². The Morgan fingerprint density at radius 2 is 1.84 bits per heavy atom. The number of carbonyl (C=O) groups excluding carboxylic acids is 3. The van der Waals surface area contributed by atoms with Gasteiger partial charge in [0, 0.05) is 6.54 Å². The zero-order chi connectivity index (χ0) is 22.1. The number of hydrogen-bond acceptors (Lipinski definition) is 6. The number of benzene rings is 2. The maximum atomic E-state index is 12.7. The monoisotopic (exact) mass is 443 g/mol. The van der Waals surface area contributed by atoms with Crippen LogP contribution in [0.15, 0.2) is 30.3 Å². The number of imide groups is 1. The highest BCUT2D eigenvalue weighted by molar-refractivity contribution is 6.32. The molecule has 0 N–H and O–H groups in total. The quantitative estimate of drug-likeness (QED) is 0.493. The molecule has 0 fully saturated rings. The van der Waals surface area contributed by atoms with Crippen molar-refractivity contribution in [1.82, 2.24) is 4.90 Å². The van der Waals surface area contributed by atoms with Crippen LogP contribution in [0.1, 0.15) is 56.9 Å². The molecule has 4 rings (SSSR count). The third-order valence-corrected chi connectivity index (χ3v) is 5.44. The lowest BCUT2D eigenvalue weighted by molar-refractivity contribution is 0.0471. The standard InChI is InChI=1S/C23H22ClNO6/c1-13(2)5-6-25-21(26)16-4-3-15(11-17(16)22(25)27)23(28)31-12-14-9-18(24)20-19(10-14)29-7-8-30-20/h3-4,9-11,13H,5-8,12H2,1-2H3. The SMILES string of the molecule is CC(C)CCN1C(=O)c2ccc(C(=O)OCc3cc(Cl)c4c(c3)OCCO4)cc2C1=O. The van der Waals surface area contributed by atoms with Crippen molar-refractivity contribution in [2.24, 2.45) is 5.92 Å². The second-order valence-electron chi connectivity index (χ2n) is 7.88. The van der Waals surface area contributed by atoms with E-state index in [1.807, 2.05) is 13.8 Å². The summed E-state index contributed by atoms with van der Waals surface area (Å²) in [6.07, 6.45) is 0.721. The Kier molecular flexibility index (Phi) is 5.87. The number of carbonyl (C=O) groups is 3. The molecular weight excluding hydrogens is 422 g/mol. The molecule has 0 aromatic heterocycles. The Hall–Kier alpha value is -3.06. The highest BCUT2D eigenvalue weighted by atomic mass is 35.5. The molecule has 0 bridgehead atoms. The van der Waals surface area contributed by atoms with Gasteiger partial charge in [-0.15, -0.1) is 0 Å². The summed E-state index contributed by atoms with van der Waals surface area (Å²) in [5.74, 6) is 0.0405. The summed E-state index contributed by atoms with van der Waals surface area (Å²) >= 11 is 6.21. The number of hydrogen-bond donors (Lipinski definition) is 0. The van der Waals surface area contributed by atoms with E-state index in [-0.39, 0.29) is 29.5 Å². The lowest BCUT2D eigenvalue weighted by Crippen LogP contribution is -2.31. The van der Waals surface area contributed by atoms with Crippen LogP contribution in [0, 0.1) is 5.92 Å². The number of ether oxygens (including phenoxy) is 3. The van der Waals surface area contributed by atoms with Crippen molar-refractivity contribution in [1.29, 1.82) is 0 Å². The van der Waals surface area contributed by atoms with Gasteiger partial charge < -0.3 is 14.2 Å². The maximum absolute atomic E-state index is 12.7. The minimum absolute atomic E-state index is 0.0281. The molecule has 0 aliphatic carbocycles. The molecule has 0 radical (unpaired) electrons. The fourth-order valence-corrected chi connectivity index (χ4v) is 3.78. The third kappa shape index (κ3) is 4.23. The lowest BCUT2D eigenvalue weighted by Gasteiger charge is -2.20. The van der Waals surface area contributed by atoms with Crippen LogP contribution in [0.4, 0.5) is 0 Å². The Balaban J connectivity index is 1.46. The number of halogens is 1. The van der Waals surface area contributed by atoms with E-state index in [0.29, 0.717) is 53.3 Å². The summed E-state index contributed by atoms with van der Waals surface area (Å²) in [4.78, 5) is 39.0. The van der Waals surface area contributed by atoms with Crippen LogP contribution in [-0.2, 0) is 11.3 Å². The maximum Gasteiger partial charge on any atom is 0.338 e. The van der Waals surface area contributed by atoms with Crippen LogP contribution in [0.25, 0.3) is 0 Å². The van der Waals surface area contributed by atoms with Gasteiger partial charge in [0.05, 0.1) is 21.7 Å². The first-order chi connectivity index (χ1) is 14.8. The second-order valence-corrected chi connectivity index (χ2v) is 8.29. The molecule has 0 spiro atoms. The van der Waals surface area contributed by atoms with Crippen LogP contribution in [0.5, 0.6) is 11.5 Å². The molecule has 31 heavy (non-hydrogen) atoms. The van der Waals surface area contributed by atoms with E-state index in [1.165, 1.54) is 23.1 Å². The minimum Gasteiger partial charge on any atom is -0.486 e. The molecule has 0 saturated carbocycles. The van der Waals surface area contributed by atoms with E-state index < -0.39 is 5.97 Å². The van der Waals surface area contributed by atoms with Crippen LogP contribution in [0.3, 0.4) is 0 Å². The molecule has 2 heterocycles. The van der Waals surface area contributed by atoms with E-state index in [9.17, 15) is 14.4 Å². The van der Waals surface area contributed by atoms with Crippen molar-refractivity contribution in [2.45, 2.75) is 26.9 Å². The van der Waals surface area contributed by atoms with Crippen molar-refractivity contribution in [3.8, 4) is 11.5 Å². The van der Waals surface area contributed by atoms with E-state index in [4.69, 9.17) is 25.8 Å². The first-order valence-electron chi connectivity index (χ1n) is 10.1. The second kappa shape index (κ2) is 8.59. The van der Waals surface area contributed by atoms with Crippen molar-refractivity contribution in [3.05, 3.63) is 57.6 Å². The molecule has 2 aliphatic heterocycles. The zero-order valence-electron chi connectivity index (χ0n) is 17.3. The van der Waals surface area contributed by atoms with Gasteiger partial charge in [0.25, 0.3) is 11.8 Å². The highest BCUT2D eigenvalue weighted by Gasteiger charge is 2.35. The molecule has 2 amide bonds. The van der Waals surface area contributed by atoms with Crippen molar-refractivity contribution >= 4 is 29.4 Å². The first kappa shape index (κ1) is 21.2.